The van der Waals surface area contributed by atoms with Gasteiger partial charge in [0, 0.05) is 17.1 Å². The molecule has 0 fully saturated rings. The van der Waals surface area contributed by atoms with Gasteiger partial charge in [-0.2, -0.15) is 0 Å². The van der Waals surface area contributed by atoms with E-state index in [4.69, 9.17) is 22.1 Å². The fraction of sp³-hybridized carbons (Fsp3) is 0.250. The van der Waals surface area contributed by atoms with Crippen LogP contribution in [0, 0.1) is 13.8 Å². The first-order valence-corrected chi connectivity index (χ1v) is 6.59. The SMILES string of the molecule is COc1c(-c2ccc(CN)c(Cl)c2)ccc(C)c1C. The molecule has 19 heavy (non-hydrogen) atoms. The Labute approximate surface area is 119 Å². The van der Waals surface area contributed by atoms with Crippen molar-refractivity contribution in [1.82, 2.24) is 0 Å². The molecule has 0 amide bonds. The van der Waals surface area contributed by atoms with Crippen molar-refractivity contribution in [2.24, 2.45) is 5.73 Å². The summed E-state index contributed by atoms with van der Waals surface area (Å²) in [6, 6.07) is 10.1. The van der Waals surface area contributed by atoms with Gasteiger partial charge in [-0.25, -0.2) is 0 Å². The molecule has 0 atom stereocenters. The number of hydrogen-bond acceptors (Lipinski definition) is 2. The van der Waals surface area contributed by atoms with Crippen LogP contribution in [0.2, 0.25) is 5.02 Å². The van der Waals surface area contributed by atoms with Gasteiger partial charge >= 0.3 is 0 Å². The van der Waals surface area contributed by atoms with Gasteiger partial charge in [0.1, 0.15) is 5.75 Å². The first-order valence-electron chi connectivity index (χ1n) is 6.21. The highest BCUT2D eigenvalue weighted by Gasteiger charge is 2.11. The summed E-state index contributed by atoms with van der Waals surface area (Å²) in [4.78, 5) is 0. The molecule has 2 N–H and O–H groups in total. The van der Waals surface area contributed by atoms with E-state index in [1.54, 1.807) is 7.11 Å². The normalized spacial score (nSPS) is 10.6. The zero-order valence-corrected chi connectivity index (χ0v) is 12.2. The lowest BCUT2D eigenvalue weighted by molar-refractivity contribution is 0.413. The second-order valence-electron chi connectivity index (χ2n) is 4.60. The van der Waals surface area contributed by atoms with Crippen molar-refractivity contribution in [3.05, 3.63) is 52.0 Å². The number of halogens is 1. The zero-order valence-electron chi connectivity index (χ0n) is 11.5. The molecule has 0 aliphatic heterocycles. The van der Waals surface area contributed by atoms with Crippen LogP contribution in [-0.2, 0) is 6.54 Å². The van der Waals surface area contributed by atoms with Crippen molar-refractivity contribution < 1.29 is 4.74 Å². The maximum Gasteiger partial charge on any atom is 0.129 e. The Morgan fingerprint density at radius 2 is 1.89 bits per heavy atom. The molecule has 0 saturated carbocycles. The number of aryl methyl sites for hydroxylation is 1. The highest BCUT2D eigenvalue weighted by molar-refractivity contribution is 6.31. The van der Waals surface area contributed by atoms with Crippen LogP contribution in [0.1, 0.15) is 16.7 Å². The van der Waals surface area contributed by atoms with E-state index in [-0.39, 0.29) is 0 Å². The molecule has 0 radical (unpaired) electrons. The van der Waals surface area contributed by atoms with E-state index in [9.17, 15) is 0 Å². The molecular weight excluding hydrogens is 258 g/mol. The number of benzene rings is 2. The molecular formula is C16H18ClNO. The van der Waals surface area contributed by atoms with Crippen LogP contribution in [0.3, 0.4) is 0 Å². The Hall–Kier alpha value is -1.51. The molecule has 2 nitrogen and oxygen atoms in total. The third-order valence-corrected chi connectivity index (χ3v) is 3.82. The molecule has 0 saturated heterocycles. The molecule has 2 rings (SSSR count). The number of nitrogens with two attached hydrogens (primary N) is 1. The van der Waals surface area contributed by atoms with Crippen LogP contribution in [0.5, 0.6) is 5.75 Å². The van der Waals surface area contributed by atoms with Crippen molar-refractivity contribution in [2.75, 3.05) is 7.11 Å². The summed E-state index contributed by atoms with van der Waals surface area (Å²) in [5.74, 6) is 0.900. The van der Waals surface area contributed by atoms with E-state index >= 15 is 0 Å². The summed E-state index contributed by atoms with van der Waals surface area (Å²) in [6.07, 6.45) is 0. The smallest absolute Gasteiger partial charge is 0.129 e. The van der Waals surface area contributed by atoms with Crippen LogP contribution in [0.15, 0.2) is 30.3 Å². The summed E-state index contributed by atoms with van der Waals surface area (Å²) >= 11 is 6.23. The predicted octanol–water partition coefficient (Wildman–Crippen LogP) is 4.09. The fourth-order valence-electron chi connectivity index (χ4n) is 2.16. The average Bonchev–Trinajstić information content (AvgIpc) is 2.41. The minimum absolute atomic E-state index is 0.448. The number of rotatable bonds is 3. The zero-order chi connectivity index (χ0) is 14.0. The van der Waals surface area contributed by atoms with Gasteiger partial charge < -0.3 is 10.5 Å². The Bertz CT molecular complexity index is 608. The summed E-state index contributed by atoms with van der Waals surface area (Å²) in [6.45, 7) is 4.59. The highest BCUT2D eigenvalue weighted by atomic mass is 35.5. The van der Waals surface area contributed by atoms with Gasteiger partial charge in [-0.05, 0) is 42.2 Å². The van der Waals surface area contributed by atoms with Crippen molar-refractivity contribution >= 4 is 11.6 Å². The molecule has 0 bridgehead atoms. The van der Waals surface area contributed by atoms with Crippen LogP contribution < -0.4 is 10.5 Å². The number of methoxy groups -OCH3 is 1. The van der Waals surface area contributed by atoms with Gasteiger partial charge in [-0.1, -0.05) is 35.9 Å². The lowest BCUT2D eigenvalue weighted by Crippen LogP contribution is -1.98. The van der Waals surface area contributed by atoms with Gasteiger partial charge in [-0.3, -0.25) is 0 Å². The van der Waals surface area contributed by atoms with Gasteiger partial charge in [0.15, 0.2) is 0 Å². The van der Waals surface area contributed by atoms with E-state index in [0.717, 1.165) is 28.0 Å². The Kier molecular flexibility index (Phi) is 4.13. The summed E-state index contributed by atoms with van der Waals surface area (Å²) < 4.78 is 5.54. The molecule has 0 aliphatic rings. The monoisotopic (exact) mass is 275 g/mol. The first kappa shape index (κ1) is 13.9. The number of ether oxygens (including phenoxy) is 1. The molecule has 2 aromatic rings. The molecule has 0 aliphatic carbocycles. The second-order valence-corrected chi connectivity index (χ2v) is 5.01. The molecule has 0 unspecified atom stereocenters. The van der Waals surface area contributed by atoms with E-state index in [1.807, 2.05) is 18.2 Å². The maximum atomic E-state index is 6.23. The second kappa shape index (κ2) is 5.64. The van der Waals surface area contributed by atoms with Gasteiger partial charge in [0.25, 0.3) is 0 Å². The molecule has 0 aromatic heterocycles. The van der Waals surface area contributed by atoms with Crippen molar-refractivity contribution in [3.63, 3.8) is 0 Å². The van der Waals surface area contributed by atoms with Crippen LogP contribution in [0.4, 0.5) is 0 Å². The topological polar surface area (TPSA) is 35.2 Å². The fourth-order valence-corrected chi connectivity index (χ4v) is 2.42. The molecule has 3 heteroatoms. The largest absolute Gasteiger partial charge is 0.496 e. The van der Waals surface area contributed by atoms with Crippen LogP contribution >= 0.6 is 11.6 Å². The standard InChI is InChI=1S/C16H18ClNO/c1-10-4-7-14(16(19-3)11(10)2)12-5-6-13(9-18)15(17)8-12/h4-8H,9,18H2,1-3H3. The highest BCUT2D eigenvalue weighted by Crippen LogP contribution is 2.36. The quantitative estimate of drug-likeness (QED) is 0.916. The summed E-state index contributed by atoms with van der Waals surface area (Å²) in [7, 11) is 1.70. The molecule has 0 spiro atoms. The first-order chi connectivity index (χ1) is 9.08. The lowest BCUT2D eigenvalue weighted by atomic mass is 9.98. The Morgan fingerprint density at radius 1 is 1.16 bits per heavy atom. The van der Waals surface area contributed by atoms with Crippen molar-refractivity contribution in [2.45, 2.75) is 20.4 Å². The van der Waals surface area contributed by atoms with Crippen LogP contribution in [0.25, 0.3) is 11.1 Å². The third-order valence-electron chi connectivity index (χ3n) is 3.46. The van der Waals surface area contributed by atoms with Crippen molar-refractivity contribution in [3.8, 4) is 16.9 Å². The molecule has 0 heterocycles. The van der Waals surface area contributed by atoms with E-state index in [0.29, 0.717) is 11.6 Å². The lowest BCUT2D eigenvalue weighted by Gasteiger charge is -2.14. The average molecular weight is 276 g/mol. The van der Waals surface area contributed by atoms with Gasteiger partial charge in [0.05, 0.1) is 7.11 Å². The Balaban J connectivity index is 2.59. The third kappa shape index (κ3) is 2.60. The minimum atomic E-state index is 0.448. The van der Waals surface area contributed by atoms with Crippen molar-refractivity contribution in [1.29, 1.82) is 0 Å². The Morgan fingerprint density at radius 3 is 2.47 bits per heavy atom. The predicted molar refractivity (Wildman–Crippen MR) is 80.8 cm³/mol. The van der Waals surface area contributed by atoms with Gasteiger partial charge in [-0.15, -0.1) is 0 Å². The van der Waals surface area contributed by atoms with E-state index in [2.05, 4.69) is 26.0 Å². The summed E-state index contributed by atoms with van der Waals surface area (Å²) in [5.41, 5.74) is 11.0. The molecule has 2 aromatic carbocycles. The van der Waals surface area contributed by atoms with E-state index < -0.39 is 0 Å². The minimum Gasteiger partial charge on any atom is -0.496 e. The van der Waals surface area contributed by atoms with E-state index in [1.165, 1.54) is 5.56 Å². The maximum absolute atomic E-state index is 6.23. The van der Waals surface area contributed by atoms with Gasteiger partial charge in [0.2, 0.25) is 0 Å². The van der Waals surface area contributed by atoms with Crippen LogP contribution in [-0.4, -0.2) is 7.11 Å². The summed E-state index contributed by atoms with van der Waals surface area (Å²) in [5, 5.41) is 0.695. The number of hydrogen-bond donors (Lipinski definition) is 1. The molecule has 100 valence electrons.